The van der Waals surface area contributed by atoms with Crippen LogP contribution in [0.25, 0.3) is 22.4 Å². The molecule has 0 atom stereocenters. The summed E-state index contributed by atoms with van der Waals surface area (Å²) in [6.45, 7) is 0. The van der Waals surface area contributed by atoms with Gasteiger partial charge in [-0.05, 0) is 49.2 Å². The third-order valence-corrected chi connectivity index (χ3v) is 4.75. The van der Waals surface area contributed by atoms with Crippen molar-refractivity contribution in [1.29, 1.82) is 0 Å². The summed E-state index contributed by atoms with van der Waals surface area (Å²) in [7, 11) is 0. The number of rotatable bonds is 3. The van der Waals surface area contributed by atoms with Crippen molar-refractivity contribution in [3.63, 3.8) is 0 Å². The number of carbonyl (C=O) groups is 1. The molecule has 2 aromatic carbocycles. The number of imidazole rings is 1. The van der Waals surface area contributed by atoms with Gasteiger partial charge in [0.2, 0.25) is 0 Å². The lowest BCUT2D eigenvalue weighted by Gasteiger charge is -2.22. The molecule has 0 bridgehead atoms. The number of H-pyrrole nitrogens is 1. The van der Waals surface area contributed by atoms with Gasteiger partial charge < -0.3 is 15.6 Å². The fourth-order valence-corrected chi connectivity index (χ4v) is 3.40. The molecule has 1 aromatic heterocycles. The number of carbonyl (C=O) groups excluding carboxylic acids is 1. The predicted octanol–water partition coefficient (Wildman–Crippen LogP) is 4.68. The van der Waals surface area contributed by atoms with Crippen molar-refractivity contribution in [2.75, 3.05) is 5.32 Å². The zero-order valence-corrected chi connectivity index (χ0v) is 14.1. The second-order valence-electron chi connectivity index (χ2n) is 6.61. The minimum atomic E-state index is -0.122. The number of fused-ring (bicyclic) bond motifs is 1. The molecule has 1 heterocycles. The van der Waals surface area contributed by atoms with E-state index in [0.29, 0.717) is 6.04 Å². The topological polar surface area (TPSA) is 69.8 Å². The zero-order valence-electron chi connectivity index (χ0n) is 14.1. The molecule has 0 saturated heterocycles. The van der Waals surface area contributed by atoms with E-state index in [9.17, 15) is 4.79 Å². The smallest absolute Gasteiger partial charge is 0.319 e. The van der Waals surface area contributed by atoms with Crippen LogP contribution >= 0.6 is 0 Å². The number of para-hydroxylation sites is 2. The number of anilines is 1. The Labute approximate surface area is 146 Å². The van der Waals surface area contributed by atoms with Crippen LogP contribution in [0.4, 0.5) is 10.5 Å². The normalized spacial score (nSPS) is 15.2. The van der Waals surface area contributed by atoms with Gasteiger partial charge in [-0.25, -0.2) is 9.78 Å². The van der Waals surface area contributed by atoms with Crippen molar-refractivity contribution in [3.05, 3.63) is 48.5 Å². The molecule has 0 radical (unpaired) electrons. The Kier molecular flexibility index (Phi) is 4.37. The van der Waals surface area contributed by atoms with E-state index in [4.69, 9.17) is 0 Å². The van der Waals surface area contributed by atoms with E-state index in [1.54, 1.807) is 0 Å². The lowest BCUT2D eigenvalue weighted by molar-refractivity contribution is 0.244. The first-order valence-electron chi connectivity index (χ1n) is 8.91. The first-order chi connectivity index (χ1) is 12.3. The molecule has 3 aromatic rings. The number of nitrogens with one attached hydrogen (secondary N) is 3. The van der Waals surface area contributed by atoms with Crippen LogP contribution in [0.3, 0.4) is 0 Å². The van der Waals surface area contributed by atoms with Crippen LogP contribution in [-0.4, -0.2) is 22.0 Å². The molecule has 3 N–H and O–H groups in total. The SMILES string of the molecule is O=C(Nc1ccc(-c2nc3ccccc3[nH]2)cc1)NC1CCCCC1. The van der Waals surface area contributed by atoms with Crippen molar-refractivity contribution in [2.45, 2.75) is 38.1 Å². The summed E-state index contributed by atoms with van der Waals surface area (Å²) in [4.78, 5) is 20.0. The molecule has 25 heavy (non-hydrogen) atoms. The fourth-order valence-electron chi connectivity index (χ4n) is 3.40. The van der Waals surface area contributed by atoms with Gasteiger partial charge in [-0.15, -0.1) is 0 Å². The van der Waals surface area contributed by atoms with Crippen LogP contribution in [0.15, 0.2) is 48.5 Å². The van der Waals surface area contributed by atoms with Gasteiger partial charge in [0, 0.05) is 17.3 Å². The van der Waals surface area contributed by atoms with Crippen LogP contribution in [0.5, 0.6) is 0 Å². The van der Waals surface area contributed by atoms with Gasteiger partial charge in [0.15, 0.2) is 0 Å². The minimum absolute atomic E-state index is 0.122. The molecule has 0 spiro atoms. The maximum absolute atomic E-state index is 12.1. The van der Waals surface area contributed by atoms with E-state index >= 15 is 0 Å². The number of benzene rings is 2. The number of nitrogens with zero attached hydrogens (tertiary/aromatic N) is 1. The summed E-state index contributed by atoms with van der Waals surface area (Å²) in [6, 6.07) is 15.9. The standard InChI is InChI=1S/C20H22N4O/c25-20(21-15-6-2-1-3-7-15)22-16-12-10-14(11-13-16)19-23-17-8-4-5-9-18(17)24-19/h4-5,8-13,15H,1-3,6-7H2,(H,23,24)(H2,21,22,25). The third-order valence-electron chi connectivity index (χ3n) is 4.75. The van der Waals surface area contributed by atoms with Crippen LogP contribution in [0.1, 0.15) is 32.1 Å². The zero-order chi connectivity index (χ0) is 17.1. The lowest BCUT2D eigenvalue weighted by atomic mass is 9.96. The van der Waals surface area contributed by atoms with Crippen LogP contribution in [0.2, 0.25) is 0 Å². The molecule has 128 valence electrons. The molecule has 1 fully saturated rings. The van der Waals surface area contributed by atoms with E-state index in [1.807, 2.05) is 48.5 Å². The van der Waals surface area contributed by atoms with E-state index in [-0.39, 0.29) is 6.03 Å². The number of hydrogen-bond acceptors (Lipinski definition) is 2. The third kappa shape index (κ3) is 3.65. The van der Waals surface area contributed by atoms with Crippen molar-refractivity contribution in [3.8, 4) is 11.4 Å². The molecule has 1 aliphatic carbocycles. The Bertz CT molecular complexity index is 830. The van der Waals surface area contributed by atoms with Gasteiger partial charge in [-0.1, -0.05) is 31.4 Å². The highest BCUT2D eigenvalue weighted by Crippen LogP contribution is 2.22. The summed E-state index contributed by atoms with van der Waals surface area (Å²) in [6.07, 6.45) is 5.86. The van der Waals surface area contributed by atoms with Crippen LogP contribution < -0.4 is 10.6 Å². The first kappa shape index (κ1) is 15.7. The summed E-state index contributed by atoms with van der Waals surface area (Å²) in [5, 5.41) is 5.98. The highest BCUT2D eigenvalue weighted by atomic mass is 16.2. The number of aromatic nitrogens is 2. The molecular formula is C20H22N4O. The highest BCUT2D eigenvalue weighted by molar-refractivity contribution is 5.89. The Morgan fingerprint density at radius 2 is 1.76 bits per heavy atom. The van der Waals surface area contributed by atoms with Crippen molar-refractivity contribution < 1.29 is 4.79 Å². The first-order valence-corrected chi connectivity index (χ1v) is 8.91. The van der Waals surface area contributed by atoms with E-state index in [1.165, 1.54) is 19.3 Å². The van der Waals surface area contributed by atoms with E-state index in [2.05, 4.69) is 20.6 Å². The van der Waals surface area contributed by atoms with Gasteiger partial charge in [0.1, 0.15) is 5.82 Å². The van der Waals surface area contributed by atoms with Crippen LogP contribution in [-0.2, 0) is 0 Å². The van der Waals surface area contributed by atoms with Gasteiger partial charge >= 0.3 is 6.03 Å². The Morgan fingerprint density at radius 1 is 1.00 bits per heavy atom. The molecule has 1 saturated carbocycles. The molecule has 2 amide bonds. The number of urea groups is 1. The Balaban J connectivity index is 1.41. The number of hydrogen-bond donors (Lipinski definition) is 3. The molecule has 5 nitrogen and oxygen atoms in total. The molecule has 1 aliphatic rings. The molecule has 5 heteroatoms. The Hall–Kier alpha value is -2.82. The number of aromatic amines is 1. The maximum atomic E-state index is 12.1. The van der Waals surface area contributed by atoms with Gasteiger partial charge in [0.05, 0.1) is 11.0 Å². The van der Waals surface area contributed by atoms with Crippen molar-refractivity contribution in [2.24, 2.45) is 0 Å². The average molecular weight is 334 g/mol. The quantitative estimate of drug-likeness (QED) is 0.650. The molecule has 4 rings (SSSR count). The lowest BCUT2D eigenvalue weighted by Crippen LogP contribution is -2.38. The summed E-state index contributed by atoms with van der Waals surface area (Å²) in [5.41, 5.74) is 3.75. The maximum Gasteiger partial charge on any atom is 0.319 e. The monoisotopic (exact) mass is 334 g/mol. The summed E-state index contributed by atoms with van der Waals surface area (Å²) < 4.78 is 0. The Morgan fingerprint density at radius 3 is 2.52 bits per heavy atom. The van der Waals surface area contributed by atoms with E-state index in [0.717, 1.165) is 41.0 Å². The van der Waals surface area contributed by atoms with Gasteiger partial charge in [-0.2, -0.15) is 0 Å². The second-order valence-corrected chi connectivity index (χ2v) is 6.61. The van der Waals surface area contributed by atoms with Gasteiger partial charge in [-0.3, -0.25) is 0 Å². The fraction of sp³-hybridized carbons (Fsp3) is 0.300. The molecule has 0 unspecified atom stereocenters. The summed E-state index contributed by atoms with van der Waals surface area (Å²) >= 11 is 0. The van der Waals surface area contributed by atoms with Crippen molar-refractivity contribution in [1.82, 2.24) is 15.3 Å². The molecule has 0 aliphatic heterocycles. The van der Waals surface area contributed by atoms with Crippen molar-refractivity contribution >= 4 is 22.8 Å². The highest BCUT2D eigenvalue weighted by Gasteiger charge is 2.15. The summed E-state index contributed by atoms with van der Waals surface area (Å²) in [5.74, 6) is 0.833. The largest absolute Gasteiger partial charge is 0.338 e. The van der Waals surface area contributed by atoms with Gasteiger partial charge in [0.25, 0.3) is 0 Å². The number of amides is 2. The second kappa shape index (κ2) is 6.97. The predicted molar refractivity (Wildman–Crippen MR) is 101 cm³/mol. The molecular weight excluding hydrogens is 312 g/mol. The minimum Gasteiger partial charge on any atom is -0.338 e. The average Bonchev–Trinajstić information content (AvgIpc) is 3.07. The van der Waals surface area contributed by atoms with E-state index < -0.39 is 0 Å². The van der Waals surface area contributed by atoms with Crippen LogP contribution in [0, 0.1) is 0 Å².